The summed E-state index contributed by atoms with van der Waals surface area (Å²) in [6.07, 6.45) is 9.58. The Morgan fingerprint density at radius 1 is 0.893 bits per heavy atom. The van der Waals surface area contributed by atoms with Crippen LogP contribution >= 0.6 is 0 Å². The topological polar surface area (TPSA) is 76.7 Å². The van der Waals surface area contributed by atoms with Crippen molar-refractivity contribution in [3.63, 3.8) is 0 Å². The van der Waals surface area contributed by atoms with Gasteiger partial charge < -0.3 is 20.1 Å². The lowest BCUT2D eigenvalue weighted by atomic mass is 9.81. The van der Waals surface area contributed by atoms with Gasteiger partial charge in [-0.25, -0.2) is 0 Å². The molecule has 0 radical (unpaired) electrons. The molecule has 4 unspecified atom stereocenters. The maximum atomic E-state index is 13.1. The van der Waals surface area contributed by atoms with Gasteiger partial charge in [-0.2, -0.15) is 0 Å². The number of hydrogen-bond donors (Lipinski definition) is 2. The number of nitrogens with one attached hydrogen (secondary N) is 2. The molecule has 0 spiro atoms. The summed E-state index contributed by atoms with van der Waals surface area (Å²) in [4.78, 5) is 26.1. The predicted molar refractivity (Wildman–Crippen MR) is 104 cm³/mol. The van der Waals surface area contributed by atoms with Gasteiger partial charge in [-0.15, -0.1) is 0 Å². The molecule has 2 bridgehead atoms. The van der Waals surface area contributed by atoms with E-state index in [2.05, 4.69) is 22.8 Å². The summed E-state index contributed by atoms with van der Waals surface area (Å²) in [5.41, 5.74) is 0.677. The predicted octanol–water partition coefficient (Wildman–Crippen LogP) is 2.89. The van der Waals surface area contributed by atoms with Gasteiger partial charge >= 0.3 is 0 Å². The number of carbonyl (C=O) groups excluding carboxylic acids is 2. The molecular weight excluding hydrogens is 356 g/mol. The number of benzene rings is 1. The first-order chi connectivity index (χ1) is 13.7. The average molecular weight is 382 g/mol. The van der Waals surface area contributed by atoms with Crippen LogP contribution in [0, 0.1) is 23.7 Å². The van der Waals surface area contributed by atoms with Gasteiger partial charge in [-0.05, 0) is 43.2 Å². The van der Waals surface area contributed by atoms with Gasteiger partial charge in [0, 0.05) is 17.8 Å². The van der Waals surface area contributed by atoms with E-state index in [0.29, 0.717) is 30.4 Å². The van der Waals surface area contributed by atoms with Gasteiger partial charge in [-0.3, -0.25) is 9.59 Å². The summed E-state index contributed by atoms with van der Waals surface area (Å²) in [7, 11) is 0. The number of ether oxygens (including phenoxy) is 2. The molecule has 148 valence electrons. The first-order valence-electron chi connectivity index (χ1n) is 10.4. The molecule has 1 aliphatic heterocycles. The molecule has 3 aliphatic carbocycles. The molecule has 1 heterocycles. The molecule has 4 atom stereocenters. The summed E-state index contributed by atoms with van der Waals surface area (Å²) >= 11 is 0. The highest BCUT2D eigenvalue weighted by Crippen LogP contribution is 2.48. The minimum absolute atomic E-state index is 0.0473. The highest BCUT2D eigenvalue weighted by Gasteiger charge is 2.51. The van der Waals surface area contributed by atoms with Crippen LogP contribution in [0.1, 0.15) is 32.1 Å². The van der Waals surface area contributed by atoms with Crippen LogP contribution in [-0.2, 0) is 9.59 Å². The van der Waals surface area contributed by atoms with Crippen LogP contribution < -0.4 is 20.1 Å². The zero-order valence-electron chi connectivity index (χ0n) is 15.9. The molecule has 1 aromatic rings. The third kappa shape index (κ3) is 3.15. The van der Waals surface area contributed by atoms with Crippen molar-refractivity contribution in [2.24, 2.45) is 23.7 Å². The number of allylic oxidation sites excluding steroid dienone is 2. The molecule has 0 saturated heterocycles. The molecule has 5 rings (SSSR count). The standard InChI is InChI=1S/C22H26N2O4/c25-21(23-15-3-1-2-4-15)19-13-5-6-14(11-13)20(19)22(26)24-16-7-8-17-18(12-16)28-10-9-27-17/h5-8,12-15,19-20H,1-4,9-11H2,(H,23,25)(H,24,26). The summed E-state index contributed by atoms with van der Waals surface area (Å²) < 4.78 is 11.1. The highest BCUT2D eigenvalue weighted by atomic mass is 16.6. The fraction of sp³-hybridized carbons (Fsp3) is 0.545. The van der Waals surface area contributed by atoms with Crippen molar-refractivity contribution in [1.82, 2.24) is 5.32 Å². The third-order valence-electron chi connectivity index (χ3n) is 6.58. The zero-order chi connectivity index (χ0) is 19.1. The fourth-order valence-corrected chi connectivity index (χ4v) is 5.25. The maximum absolute atomic E-state index is 13.1. The van der Waals surface area contributed by atoms with Crippen molar-refractivity contribution in [3.8, 4) is 11.5 Å². The molecule has 6 nitrogen and oxygen atoms in total. The van der Waals surface area contributed by atoms with E-state index in [-0.39, 0.29) is 41.5 Å². The number of fused-ring (bicyclic) bond motifs is 3. The molecule has 28 heavy (non-hydrogen) atoms. The van der Waals surface area contributed by atoms with Crippen LogP contribution in [0.25, 0.3) is 0 Å². The lowest BCUT2D eigenvalue weighted by Gasteiger charge is -2.28. The van der Waals surface area contributed by atoms with Gasteiger partial charge in [0.15, 0.2) is 11.5 Å². The maximum Gasteiger partial charge on any atom is 0.228 e. The van der Waals surface area contributed by atoms with E-state index in [4.69, 9.17) is 9.47 Å². The van der Waals surface area contributed by atoms with Gasteiger partial charge in [0.1, 0.15) is 13.2 Å². The highest BCUT2D eigenvalue weighted by molar-refractivity contribution is 5.97. The van der Waals surface area contributed by atoms with Crippen molar-refractivity contribution >= 4 is 17.5 Å². The number of amides is 2. The van der Waals surface area contributed by atoms with Crippen LogP contribution in [0.4, 0.5) is 5.69 Å². The summed E-state index contributed by atoms with van der Waals surface area (Å²) in [6.45, 7) is 1.04. The van der Waals surface area contributed by atoms with E-state index in [1.807, 2.05) is 12.1 Å². The Kier molecular flexibility index (Phi) is 4.49. The van der Waals surface area contributed by atoms with Crippen LogP contribution in [0.15, 0.2) is 30.4 Å². The van der Waals surface area contributed by atoms with Gasteiger partial charge in [0.25, 0.3) is 0 Å². The first kappa shape index (κ1) is 17.6. The molecule has 2 fully saturated rings. The minimum atomic E-state index is -0.315. The van der Waals surface area contributed by atoms with Crippen LogP contribution in [0.3, 0.4) is 0 Å². The summed E-state index contributed by atoms with van der Waals surface area (Å²) in [6, 6.07) is 5.71. The van der Waals surface area contributed by atoms with E-state index >= 15 is 0 Å². The smallest absolute Gasteiger partial charge is 0.228 e. The molecule has 4 aliphatic rings. The lowest BCUT2D eigenvalue weighted by molar-refractivity contribution is -0.133. The van der Waals surface area contributed by atoms with E-state index in [1.165, 1.54) is 12.8 Å². The van der Waals surface area contributed by atoms with Gasteiger partial charge in [0.05, 0.1) is 11.8 Å². The molecular formula is C22H26N2O4. The van der Waals surface area contributed by atoms with E-state index in [0.717, 1.165) is 19.3 Å². The first-order valence-corrected chi connectivity index (χ1v) is 10.4. The summed E-state index contributed by atoms with van der Waals surface area (Å²) in [5.74, 6) is 1.03. The molecule has 0 aromatic heterocycles. The largest absolute Gasteiger partial charge is 0.486 e. The molecule has 1 aromatic carbocycles. The van der Waals surface area contributed by atoms with Crippen molar-refractivity contribution in [2.45, 2.75) is 38.1 Å². The molecule has 2 amide bonds. The van der Waals surface area contributed by atoms with Crippen molar-refractivity contribution < 1.29 is 19.1 Å². The molecule has 2 saturated carbocycles. The van der Waals surface area contributed by atoms with Crippen LogP contribution in [0.2, 0.25) is 0 Å². The Morgan fingerprint density at radius 3 is 2.32 bits per heavy atom. The average Bonchev–Trinajstić information content (AvgIpc) is 3.45. The Hall–Kier alpha value is -2.50. The number of anilines is 1. The van der Waals surface area contributed by atoms with Crippen LogP contribution in [0.5, 0.6) is 11.5 Å². The second-order valence-corrected chi connectivity index (χ2v) is 8.34. The minimum Gasteiger partial charge on any atom is -0.486 e. The number of carbonyl (C=O) groups is 2. The fourth-order valence-electron chi connectivity index (χ4n) is 5.25. The zero-order valence-corrected chi connectivity index (χ0v) is 15.9. The van der Waals surface area contributed by atoms with Crippen molar-refractivity contribution in [2.75, 3.05) is 18.5 Å². The summed E-state index contributed by atoms with van der Waals surface area (Å²) in [5, 5.41) is 6.21. The second kappa shape index (κ2) is 7.15. The Bertz CT molecular complexity index is 815. The quantitative estimate of drug-likeness (QED) is 0.785. The Morgan fingerprint density at radius 2 is 1.57 bits per heavy atom. The van der Waals surface area contributed by atoms with Gasteiger partial charge in [0.2, 0.25) is 11.8 Å². The van der Waals surface area contributed by atoms with Crippen LogP contribution in [-0.4, -0.2) is 31.1 Å². The number of hydrogen-bond acceptors (Lipinski definition) is 4. The monoisotopic (exact) mass is 382 g/mol. The van der Waals surface area contributed by atoms with Crippen molar-refractivity contribution in [3.05, 3.63) is 30.4 Å². The SMILES string of the molecule is O=C(Nc1ccc2c(c1)OCCO2)C1C2C=CC(C2)C1C(=O)NC1CCCC1. The third-order valence-corrected chi connectivity index (χ3v) is 6.58. The van der Waals surface area contributed by atoms with E-state index in [9.17, 15) is 9.59 Å². The Labute approximate surface area is 164 Å². The Balaban J connectivity index is 1.31. The number of rotatable bonds is 4. The van der Waals surface area contributed by atoms with Crippen molar-refractivity contribution in [1.29, 1.82) is 0 Å². The molecule has 6 heteroatoms. The lowest BCUT2D eigenvalue weighted by Crippen LogP contribution is -2.44. The van der Waals surface area contributed by atoms with Gasteiger partial charge in [-0.1, -0.05) is 25.0 Å². The second-order valence-electron chi connectivity index (χ2n) is 8.34. The van der Waals surface area contributed by atoms with E-state index < -0.39 is 0 Å². The van der Waals surface area contributed by atoms with E-state index in [1.54, 1.807) is 6.07 Å². The normalized spacial score (nSPS) is 30.4. The molecule has 2 N–H and O–H groups in total.